The second kappa shape index (κ2) is 6.09. The molecule has 3 rings (SSSR count). The average Bonchev–Trinajstić information content (AvgIpc) is 3.16. The fourth-order valence-corrected chi connectivity index (χ4v) is 3.68. The second-order valence-corrected chi connectivity index (χ2v) is 7.23. The molecule has 0 bridgehead atoms. The maximum absolute atomic E-state index is 12.3. The molecule has 2 heterocycles. The standard InChI is InChI=1S/C14H16N4O4S/c1-23(20,21)18-9-5-8-11(18)12(19)15-14-17-16-13(22-14)10-6-3-2-4-7-10/h2-4,6-7,11H,5,8-9H2,1H3,(H,15,17,19)/t11-/m0/s1. The van der Waals surface area contributed by atoms with Gasteiger partial charge in [0.1, 0.15) is 6.04 Å². The molecule has 1 aromatic heterocycles. The van der Waals surface area contributed by atoms with E-state index in [1.807, 2.05) is 30.3 Å². The summed E-state index contributed by atoms with van der Waals surface area (Å²) in [5.41, 5.74) is 0.735. The number of anilines is 1. The molecule has 1 fully saturated rings. The fourth-order valence-electron chi connectivity index (χ4n) is 2.56. The van der Waals surface area contributed by atoms with Gasteiger partial charge in [0.2, 0.25) is 21.8 Å². The predicted molar refractivity (Wildman–Crippen MR) is 82.9 cm³/mol. The molecule has 1 atom stereocenters. The molecule has 0 unspecified atom stereocenters. The van der Waals surface area contributed by atoms with Crippen LogP contribution in [0.2, 0.25) is 0 Å². The lowest BCUT2D eigenvalue weighted by Gasteiger charge is -2.20. The molecule has 0 spiro atoms. The Morgan fingerprint density at radius 1 is 1.30 bits per heavy atom. The first-order valence-corrected chi connectivity index (χ1v) is 8.96. The SMILES string of the molecule is CS(=O)(=O)N1CCC[C@H]1C(=O)Nc1nnc(-c2ccccc2)o1. The molecule has 0 saturated carbocycles. The Morgan fingerprint density at radius 3 is 2.74 bits per heavy atom. The molecule has 1 saturated heterocycles. The highest BCUT2D eigenvalue weighted by Gasteiger charge is 2.36. The van der Waals surface area contributed by atoms with E-state index in [1.165, 1.54) is 4.31 Å². The number of carbonyl (C=O) groups excluding carboxylic acids is 1. The normalized spacial score (nSPS) is 18.9. The fraction of sp³-hybridized carbons (Fsp3) is 0.357. The lowest BCUT2D eigenvalue weighted by atomic mass is 10.2. The van der Waals surface area contributed by atoms with Crippen LogP contribution in [-0.2, 0) is 14.8 Å². The summed E-state index contributed by atoms with van der Waals surface area (Å²) >= 11 is 0. The Bertz CT molecular complexity index is 803. The largest absolute Gasteiger partial charge is 0.403 e. The van der Waals surface area contributed by atoms with Gasteiger partial charge in [0.25, 0.3) is 0 Å². The molecule has 1 amide bonds. The Kier molecular flexibility index (Phi) is 4.14. The van der Waals surface area contributed by atoms with Crippen LogP contribution in [0, 0.1) is 0 Å². The zero-order valence-electron chi connectivity index (χ0n) is 12.5. The van der Waals surface area contributed by atoms with Crippen LogP contribution >= 0.6 is 0 Å². The van der Waals surface area contributed by atoms with Gasteiger partial charge in [-0.1, -0.05) is 23.3 Å². The highest BCUT2D eigenvalue weighted by Crippen LogP contribution is 2.23. The third kappa shape index (κ3) is 3.40. The highest BCUT2D eigenvalue weighted by molar-refractivity contribution is 7.88. The Morgan fingerprint density at radius 2 is 2.04 bits per heavy atom. The van der Waals surface area contributed by atoms with Crippen LogP contribution in [0.1, 0.15) is 12.8 Å². The molecule has 122 valence electrons. The van der Waals surface area contributed by atoms with Gasteiger partial charge in [0, 0.05) is 12.1 Å². The van der Waals surface area contributed by atoms with E-state index in [-0.39, 0.29) is 11.9 Å². The molecule has 8 nitrogen and oxygen atoms in total. The molecule has 1 aliphatic heterocycles. The number of carbonyl (C=O) groups is 1. The lowest BCUT2D eigenvalue weighted by Crippen LogP contribution is -2.42. The molecule has 23 heavy (non-hydrogen) atoms. The molecule has 9 heteroatoms. The van der Waals surface area contributed by atoms with E-state index < -0.39 is 22.0 Å². The van der Waals surface area contributed by atoms with E-state index in [0.717, 1.165) is 11.8 Å². The number of rotatable bonds is 4. The number of hydrogen-bond acceptors (Lipinski definition) is 6. The zero-order chi connectivity index (χ0) is 16.4. The Labute approximate surface area is 133 Å². The van der Waals surface area contributed by atoms with E-state index in [4.69, 9.17) is 4.42 Å². The number of benzene rings is 1. The van der Waals surface area contributed by atoms with Crippen molar-refractivity contribution in [3.8, 4) is 11.5 Å². The van der Waals surface area contributed by atoms with Gasteiger partial charge in [0.05, 0.1) is 6.26 Å². The first-order valence-electron chi connectivity index (χ1n) is 7.12. The minimum absolute atomic E-state index is 0.0470. The molecule has 0 aliphatic carbocycles. The second-order valence-electron chi connectivity index (χ2n) is 5.30. The van der Waals surface area contributed by atoms with Crippen molar-refractivity contribution in [2.45, 2.75) is 18.9 Å². The van der Waals surface area contributed by atoms with Crippen molar-refractivity contribution in [2.24, 2.45) is 0 Å². The number of nitrogens with one attached hydrogen (secondary N) is 1. The Hall–Kier alpha value is -2.26. The lowest BCUT2D eigenvalue weighted by molar-refractivity contribution is -0.119. The Balaban J connectivity index is 1.73. The first kappa shape index (κ1) is 15.6. The summed E-state index contributed by atoms with van der Waals surface area (Å²) in [5.74, 6) is -0.177. The highest BCUT2D eigenvalue weighted by atomic mass is 32.2. The minimum atomic E-state index is -3.42. The minimum Gasteiger partial charge on any atom is -0.403 e. The van der Waals surface area contributed by atoms with Crippen molar-refractivity contribution >= 4 is 21.9 Å². The van der Waals surface area contributed by atoms with Crippen molar-refractivity contribution in [1.82, 2.24) is 14.5 Å². The molecular formula is C14H16N4O4S. The van der Waals surface area contributed by atoms with Gasteiger partial charge < -0.3 is 4.42 Å². The molecule has 2 aromatic rings. The predicted octanol–water partition coefficient (Wildman–Crippen LogP) is 1.10. The van der Waals surface area contributed by atoms with E-state index in [9.17, 15) is 13.2 Å². The van der Waals surface area contributed by atoms with Crippen LogP contribution in [0.15, 0.2) is 34.7 Å². The summed E-state index contributed by atoms with van der Waals surface area (Å²) in [7, 11) is -3.42. The molecule has 1 aromatic carbocycles. The zero-order valence-corrected chi connectivity index (χ0v) is 13.3. The van der Waals surface area contributed by atoms with Gasteiger partial charge in [-0.2, -0.15) is 4.31 Å². The van der Waals surface area contributed by atoms with E-state index in [2.05, 4.69) is 15.5 Å². The summed E-state index contributed by atoms with van der Waals surface area (Å²) in [6.45, 7) is 0.343. The van der Waals surface area contributed by atoms with Crippen LogP contribution < -0.4 is 5.32 Å². The van der Waals surface area contributed by atoms with Gasteiger partial charge in [-0.3, -0.25) is 10.1 Å². The van der Waals surface area contributed by atoms with Crippen molar-refractivity contribution in [3.05, 3.63) is 30.3 Å². The van der Waals surface area contributed by atoms with Crippen LogP contribution in [0.25, 0.3) is 11.5 Å². The van der Waals surface area contributed by atoms with Crippen molar-refractivity contribution in [2.75, 3.05) is 18.1 Å². The van der Waals surface area contributed by atoms with E-state index >= 15 is 0 Å². The van der Waals surface area contributed by atoms with Crippen molar-refractivity contribution in [3.63, 3.8) is 0 Å². The van der Waals surface area contributed by atoms with Crippen LogP contribution in [0.3, 0.4) is 0 Å². The van der Waals surface area contributed by atoms with Crippen LogP contribution in [0.4, 0.5) is 6.01 Å². The van der Waals surface area contributed by atoms with Gasteiger partial charge in [-0.15, -0.1) is 5.10 Å². The molecule has 1 N–H and O–H groups in total. The summed E-state index contributed by atoms with van der Waals surface area (Å²) in [6, 6.07) is 8.36. The molecule has 1 aliphatic rings. The summed E-state index contributed by atoms with van der Waals surface area (Å²) in [4.78, 5) is 12.3. The quantitative estimate of drug-likeness (QED) is 0.896. The maximum Gasteiger partial charge on any atom is 0.322 e. The van der Waals surface area contributed by atoms with Crippen molar-refractivity contribution < 1.29 is 17.6 Å². The summed E-state index contributed by atoms with van der Waals surface area (Å²) in [5, 5.41) is 10.1. The van der Waals surface area contributed by atoms with E-state index in [0.29, 0.717) is 19.4 Å². The van der Waals surface area contributed by atoms with Crippen molar-refractivity contribution in [1.29, 1.82) is 0 Å². The van der Waals surface area contributed by atoms with Gasteiger partial charge in [0.15, 0.2) is 0 Å². The monoisotopic (exact) mass is 336 g/mol. The molecule has 0 radical (unpaired) electrons. The topological polar surface area (TPSA) is 105 Å². The maximum atomic E-state index is 12.3. The number of sulfonamides is 1. The number of hydrogen-bond donors (Lipinski definition) is 1. The van der Waals surface area contributed by atoms with E-state index in [1.54, 1.807) is 0 Å². The average molecular weight is 336 g/mol. The van der Waals surface area contributed by atoms with Crippen LogP contribution in [-0.4, -0.2) is 47.7 Å². The third-order valence-corrected chi connectivity index (χ3v) is 4.90. The number of amides is 1. The van der Waals surface area contributed by atoms with Gasteiger partial charge >= 0.3 is 6.01 Å². The van der Waals surface area contributed by atoms with Crippen LogP contribution in [0.5, 0.6) is 0 Å². The summed E-state index contributed by atoms with van der Waals surface area (Å²) < 4.78 is 30.0. The molecular weight excluding hydrogens is 320 g/mol. The number of nitrogens with zero attached hydrogens (tertiary/aromatic N) is 3. The number of aromatic nitrogens is 2. The first-order chi connectivity index (χ1) is 10.9. The summed E-state index contributed by atoms with van der Waals surface area (Å²) in [6.07, 6.45) is 2.21. The smallest absolute Gasteiger partial charge is 0.322 e. The third-order valence-electron chi connectivity index (χ3n) is 3.61. The van der Waals surface area contributed by atoms with Gasteiger partial charge in [-0.05, 0) is 25.0 Å². The van der Waals surface area contributed by atoms with Gasteiger partial charge in [-0.25, -0.2) is 8.42 Å².